The number of benzene rings is 1. The van der Waals surface area contributed by atoms with Gasteiger partial charge in [0.15, 0.2) is 6.29 Å². The van der Waals surface area contributed by atoms with Gasteiger partial charge in [-0.15, -0.1) is 0 Å². The third-order valence-corrected chi connectivity index (χ3v) is 7.09. The molecule has 12 nitrogen and oxygen atoms in total. The predicted octanol–water partition coefficient (Wildman–Crippen LogP) is -1.19. The lowest BCUT2D eigenvalue weighted by Crippen LogP contribution is -2.62. The Labute approximate surface area is 212 Å². The van der Waals surface area contributed by atoms with Crippen LogP contribution < -0.4 is 4.74 Å². The number of aliphatic hydroxyl groups is 6. The van der Waals surface area contributed by atoms with Crippen molar-refractivity contribution >= 4 is 12.0 Å². The highest BCUT2D eigenvalue weighted by Gasteiger charge is 2.66. The molecule has 204 valence electrons. The van der Waals surface area contributed by atoms with Gasteiger partial charge in [0.05, 0.1) is 32.0 Å². The van der Waals surface area contributed by atoms with Crippen LogP contribution in [0.3, 0.4) is 0 Å². The molecule has 4 rings (SSSR count). The number of hydrogen-bond donors (Lipinski definition) is 6. The van der Waals surface area contributed by atoms with Crippen LogP contribution in [0, 0.1) is 5.92 Å². The summed E-state index contributed by atoms with van der Waals surface area (Å²) in [7, 11) is 1.54. The number of ether oxygens (including phenoxy) is 5. The van der Waals surface area contributed by atoms with Gasteiger partial charge in [-0.25, -0.2) is 4.79 Å². The van der Waals surface area contributed by atoms with Gasteiger partial charge in [0.2, 0.25) is 6.29 Å². The first-order valence-corrected chi connectivity index (χ1v) is 11.8. The summed E-state index contributed by atoms with van der Waals surface area (Å²) in [5.41, 5.74) is -2.72. The van der Waals surface area contributed by atoms with Crippen LogP contribution in [0.5, 0.6) is 5.75 Å². The van der Waals surface area contributed by atoms with Crippen molar-refractivity contribution in [1.29, 1.82) is 0 Å². The van der Waals surface area contributed by atoms with Crippen molar-refractivity contribution in [2.75, 3.05) is 13.7 Å². The van der Waals surface area contributed by atoms with Gasteiger partial charge in [0.1, 0.15) is 41.4 Å². The van der Waals surface area contributed by atoms with Crippen molar-refractivity contribution in [3.8, 4) is 5.75 Å². The van der Waals surface area contributed by atoms with Gasteiger partial charge in [0, 0.05) is 12.5 Å². The van der Waals surface area contributed by atoms with E-state index in [0.29, 0.717) is 11.3 Å². The lowest BCUT2D eigenvalue weighted by Gasteiger charge is -2.45. The largest absolute Gasteiger partial charge is 0.497 e. The van der Waals surface area contributed by atoms with Crippen molar-refractivity contribution in [1.82, 2.24) is 0 Å². The zero-order valence-electron chi connectivity index (χ0n) is 20.3. The molecule has 1 aromatic carbocycles. The summed E-state index contributed by atoms with van der Waals surface area (Å²) >= 11 is 0. The van der Waals surface area contributed by atoms with E-state index >= 15 is 0 Å². The molecule has 2 heterocycles. The maximum absolute atomic E-state index is 12.7. The molecule has 1 aliphatic carbocycles. The first-order valence-electron chi connectivity index (χ1n) is 11.8. The van der Waals surface area contributed by atoms with Gasteiger partial charge in [-0.05, 0) is 36.8 Å². The second kappa shape index (κ2) is 10.7. The molecule has 6 N–H and O–H groups in total. The minimum Gasteiger partial charge on any atom is -0.497 e. The molecule has 12 heteroatoms. The van der Waals surface area contributed by atoms with Crippen LogP contribution in [0.15, 0.2) is 42.7 Å². The molecule has 1 aromatic rings. The molecule has 1 saturated heterocycles. The minimum atomic E-state index is -1.92. The summed E-state index contributed by atoms with van der Waals surface area (Å²) in [6, 6.07) is 6.94. The first-order chi connectivity index (χ1) is 17.5. The summed E-state index contributed by atoms with van der Waals surface area (Å²) in [5, 5.41) is 61.9. The van der Waals surface area contributed by atoms with Crippen molar-refractivity contribution < 1.29 is 59.1 Å². The molecule has 2 aliphatic heterocycles. The highest BCUT2D eigenvalue weighted by Crippen LogP contribution is 2.51. The SMILES string of the molecule is COc1ccc(C=CC(=O)O[C@@]2(C)C[C@@H](O)[C@]3(O)C=CO[C@@H](O[C@@H]4O[C@H](CO)[C@@H](O)[C@H](O)[C@H]4O)[C@@H]32)cc1. The van der Waals surface area contributed by atoms with Crippen LogP contribution in [0.4, 0.5) is 0 Å². The fraction of sp³-hybridized carbons (Fsp3) is 0.560. The number of methoxy groups -OCH3 is 1. The molecule has 37 heavy (non-hydrogen) atoms. The van der Waals surface area contributed by atoms with Crippen molar-refractivity contribution in [2.45, 2.75) is 67.6 Å². The Morgan fingerprint density at radius 3 is 2.46 bits per heavy atom. The molecular formula is C25H32O12. The average molecular weight is 525 g/mol. The van der Waals surface area contributed by atoms with Gasteiger partial charge in [-0.3, -0.25) is 0 Å². The lowest BCUT2D eigenvalue weighted by atomic mass is 9.81. The zero-order chi connectivity index (χ0) is 27.0. The molecule has 0 aromatic heterocycles. The van der Waals surface area contributed by atoms with E-state index in [-0.39, 0.29) is 6.42 Å². The van der Waals surface area contributed by atoms with Crippen LogP contribution >= 0.6 is 0 Å². The van der Waals surface area contributed by atoms with Crippen LogP contribution in [0.1, 0.15) is 18.9 Å². The number of fused-ring (bicyclic) bond motifs is 1. The fourth-order valence-corrected chi connectivity index (χ4v) is 5.07. The summed E-state index contributed by atoms with van der Waals surface area (Å²) < 4.78 is 27.4. The second-order valence-electron chi connectivity index (χ2n) is 9.57. The Balaban J connectivity index is 1.53. The zero-order valence-corrected chi connectivity index (χ0v) is 20.3. The first kappa shape index (κ1) is 27.5. The predicted molar refractivity (Wildman–Crippen MR) is 124 cm³/mol. The normalized spacial score (nSPS) is 41.3. The molecule has 0 spiro atoms. The van der Waals surface area contributed by atoms with Gasteiger partial charge >= 0.3 is 5.97 Å². The van der Waals surface area contributed by atoms with Crippen molar-refractivity contribution in [2.24, 2.45) is 5.92 Å². The minimum absolute atomic E-state index is 0.168. The van der Waals surface area contributed by atoms with Gasteiger partial charge < -0.3 is 54.3 Å². The number of esters is 1. The highest BCUT2D eigenvalue weighted by molar-refractivity contribution is 5.87. The van der Waals surface area contributed by atoms with E-state index in [2.05, 4.69) is 0 Å². The van der Waals surface area contributed by atoms with E-state index in [1.54, 1.807) is 31.4 Å². The van der Waals surface area contributed by atoms with E-state index < -0.39 is 72.8 Å². The standard InChI is InChI=1S/C25H32O12/c1-24(37-17(28)8-5-13-3-6-14(33-2)7-4-13)11-16(27)25(32)9-10-34-23(21(24)25)36-22-20(31)19(30)18(29)15(12-26)35-22/h3-10,15-16,18-23,26-27,29-32H,11-12H2,1-2H3/t15-,16-,18-,19+,20-,21-,22+,23+,24+,25-/m1/s1. The monoisotopic (exact) mass is 524 g/mol. The maximum Gasteiger partial charge on any atom is 0.331 e. The third-order valence-electron chi connectivity index (χ3n) is 7.09. The maximum atomic E-state index is 12.7. The molecule has 3 aliphatic rings. The van der Waals surface area contributed by atoms with E-state index in [1.807, 2.05) is 0 Å². The third kappa shape index (κ3) is 5.24. The van der Waals surface area contributed by atoms with E-state index in [0.717, 1.165) is 6.26 Å². The number of carbonyl (C=O) groups is 1. The number of rotatable bonds is 7. The number of carbonyl (C=O) groups excluding carboxylic acids is 1. The van der Waals surface area contributed by atoms with Crippen molar-refractivity contribution in [3.05, 3.63) is 48.2 Å². The molecular weight excluding hydrogens is 492 g/mol. The Hall–Kier alpha value is -2.55. The van der Waals surface area contributed by atoms with Gasteiger partial charge in [-0.1, -0.05) is 12.1 Å². The molecule has 1 saturated carbocycles. The molecule has 2 fully saturated rings. The quantitative estimate of drug-likeness (QED) is 0.185. The second-order valence-corrected chi connectivity index (χ2v) is 9.57. The average Bonchev–Trinajstić information content (AvgIpc) is 3.08. The van der Waals surface area contributed by atoms with Crippen molar-refractivity contribution in [3.63, 3.8) is 0 Å². The summed E-state index contributed by atoms with van der Waals surface area (Å²) in [6.07, 6.45) is -5.73. The summed E-state index contributed by atoms with van der Waals surface area (Å²) in [6.45, 7) is 0.836. The highest BCUT2D eigenvalue weighted by atomic mass is 16.8. The smallest absolute Gasteiger partial charge is 0.331 e. The Morgan fingerprint density at radius 1 is 1.11 bits per heavy atom. The summed E-state index contributed by atoms with van der Waals surface area (Å²) in [5.74, 6) is -1.29. The molecule has 0 amide bonds. The van der Waals surface area contributed by atoms with Crippen LogP contribution in [-0.4, -0.2) is 105 Å². The molecule has 0 bridgehead atoms. The van der Waals surface area contributed by atoms with Crippen LogP contribution in [-0.2, 0) is 23.7 Å². The van der Waals surface area contributed by atoms with E-state index in [9.17, 15) is 35.4 Å². The van der Waals surface area contributed by atoms with Crippen LogP contribution in [0.2, 0.25) is 0 Å². The summed E-state index contributed by atoms with van der Waals surface area (Å²) in [4.78, 5) is 12.7. The Kier molecular flexibility index (Phi) is 7.93. The molecule has 0 unspecified atom stereocenters. The van der Waals surface area contributed by atoms with Crippen LogP contribution in [0.25, 0.3) is 6.08 Å². The molecule has 0 radical (unpaired) electrons. The molecule has 10 atom stereocenters. The lowest BCUT2D eigenvalue weighted by molar-refractivity contribution is -0.351. The van der Waals surface area contributed by atoms with Gasteiger partial charge in [0.25, 0.3) is 0 Å². The van der Waals surface area contributed by atoms with E-state index in [4.69, 9.17) is 23.7 Å². The van der Waals surface area contributed by atoms with E-state index in [1.165, 1.54) is 25.2 Å². The number of aliphatic hydroxyl groups excluding tert-OH is 5. The topological polar surface area (TPSA) is 185 Å². The Bertz CT molecular complexity index is 1010. The number of hydrogen-bond acceptors (Lipinski definition) is 12. The fourth-order valence-electron chi connectivity index (χ4n) is 5.07. The Morgan fingerprint density at radius 2 is 1.81 bits per heavy atom. The van der Waals surface area contributed by atoms with Gasteiger partial charge in [-0.2, -0.15) is 0 Å².